The molecule has 0 aliphatic carbocycles. The van der Waals surface area contributed by atoms with E-state index in [2.05, 4.69) is 0 Å². The van der Waals surface area contributed by atoms with Crippen LogP contribution in [0.4, 0.5) is 0 Å². The fraction of sp³-hybridized carbons (Fsp3) is 0.917. The minimum absolute atomic E-state index is 0.0209. The molecule has 0 aromatic heterocycles. The number of aliphatic hydroxyl groups is 1. The topological polar surface area (TPSA) is 100 Å². The Morgan fingerprint density at radius 2 is 1.42 bits per heavy atom. The Kier molecular flexibility index (Phi) is 14.7. The van der Waals surface area contributed by atoms with E-state index in [0.717, 1.165) is 0 Å². The number of esters is 1. The maximum Gasteiger partial charge on any atom is 0.305 e. The summed E-state index contributed by atoms with van der Waals surface area (Å²) in [5, 5.41) is 8.45. The quantitative estimate of drug-likeness (QED) is 0.320. The van der Waals surface area contributed by atoms with Gasteiger partial charge in [-0.15, -0.1) is 0 Å². The van der Waals surface area contributed by atoms with Crippen molar-refractivity contribution in [2.24, 2.45) is 5.73 Å². The van der Waals surface area contributed by atoms with Gasteiger partial charge in [0.15, 0.2) is 0 Å². The zero-order chi connectivity index (χ0) is 14.2. The van der Waals surface area contributed by atoms with E-state index in [9.17, 15) is 4.79 Å². The molecule has 0 bridgehead atoms. The van der Waals surface area contributed by atoms with Gasteiger partial charge in [-0.05, 0) is 13.0 Å². The van der Waals surface area contributed by atoms with Gasteiger partial charge in [-0.2, -0.15) is 0 Å². The molecule has 0 heterocycles. The van der Waals surface area contributed by atoms with Crippen LogP contribution in [0.1, 0.15) is 12.8 Å². The van der Waals surface area contributed by atoms with Crippen molar-refractivity contribution in [2.75, 3.05) is 59.4 Å². The first-order valence-electron chi connectivity index (χ1n) is 6.51. The van der Waals surface area contributed by atoms with Crippen LogP contribution < -0.4 is 5.73 Å². The predicted molar refractivity (Wildman–Crippen MR) is 68.8 cm³/mol. The summed E-state index contributed by atoms with van der Waals surface area (Å²) < 4.78 is 20.3. The highest BCUT2D eigenvalue weighted by molar-refractivity contribution is 5.69. The van der Waals surface area contributed by atoms with Gasteiger partial charge in [0.2, 0.25) is 0 Å². The van der Waals surface area contributed by atoms with E-state index >= 15 is 0 Å². The van der Waals surface area contributed by atoms with Gasteiger partial charge in [-0.25, -0.2) is 0 Å². The minimum atomic E-state index is -0.244. The molecular weight excluding hydrogens is 254 g/mol. The van der Waals surface area contributed by atoms with Crippen LogP contribution in [0.15, 0.2) is 0 Å². The van der Waals surface area contributed by atoms with Crippen LogP contribution in [-0.2, 0) is 23.7 Å². The molecule has 114 valence electrons. The summed E-state index contributed by atoms with van der Waals surface area (Å²) in [6.07, 6.45) is 0.999. The SMILES string of the molecule is NCCCC(=O)OCCOCCOCCOCCO. The van der Waals surface area contributed by atoms with Crippen LogP contribution in [0, 0.1) is 0 Å². The number of carbonyl (C=O) groups is 1. The van der Waals surface area contributed by atoms with Gasteiger partial charge in [0.05, 0.1) is 46.2 Å². The fourth-order valence-electron chi connectivity index (χ4n) is 1.14. The lowest BCUT2D eigenvalue weighted by atomic mass is 10.3. The van der Waals surface area contributed by atoms with Crippen molar-refractivity contribution in [1.82, 2.24) is 0 Å². The summed E-state index contributed by atoms with van der Waals surface area (Å²) in [6, 6.07) is 0. The molecule has 0 saturated carbocycles. The highest BCUT2D eigenvalue weighted by Gasteiger charge is 2.00. The van der Waals surface area contributed by atoms with Gasteiger partial charge in [0.25, 0.3) is 0 Å². The van der Waals surface area contributed by atoms with Gasteiger partial charge in [-0.3, -0.25) is 4.79 Å². The fourth-order valence-corrected chi connectivity index (χ4v) is 1.14. The second kappa shape index (κ2) is 15.3. The highest BCUT2D eigenvalue weighted by Crippen LogP contribution is 1.91. The molecule has 0 saturated heterocycles. The number of hydrogen-bond acceptors (Lipinski definition) is 7. The molecule has 0 atom stereocenters. The Bertz CT molecular complexity index is 203. The first-order chi connectivity index (χ1) is 9.31. The Hall–Kier alpha value is -0.730. The van der Waals surface area contributed by atoms with Gasteiger partial charge >= 0.3 is 5.97 Å². The normalized spacial score (nSPS) is 10.6. The monoisotopic (exact) mass is 279 g/mol. The summed E-state index contributed by atoms with van der Waals surface area (Å²) in [5.74, 6) is -0.244. The van der Waals surface area contributed by atoms with Gasteiger partial charge in [0.1, 0.15) is 6.61 Å². The minimum Gasteiger partial charge on any atom is -0.463 e. The lowest BCUT2D eigenvalue weighted by Gasteiger charge is -2.07. The van der Waals surface area contributed by atoms with Crippen LogP contribution in [0.3, 0.4) is 0 Å². The highest BCUT2D eigenvalue weighted by atomic mass is 16.6. The molecule has 7 nitrogen and oxygen atoms in total. The largest absolute Gasteiger partial charge is 0.463 e. The van der Waals surface area contributed by atoms with Crippen LogP contribution in [0.5, 0.6) is 0 Å². The molecule has 0 amide bonds. The maximum atomic E-state index is 11.1. The molecule has 0 aliphatic rings. The molecule has 0 fully saturated rings. The second-order valence-corrected chi connectivity index (χ2v) is 3.67. The van der Waals surface area contributed by atoms with Crippen molar-refractivity contribution in [1.29, 1.82) is 0 Å². The molecule has 0 aromatic rings. The molecule has 0 aromatic carbocycles. The molecule has 0 aliphatic heterocycles. The Labute approximate surface area is 114 Å². The van der Waals surface area contributed by atoms with Crippen LogP contribution in [0.2, 0.25) is 0 Å². The van der Waals surface area contributed by atoms with E-state index in [0.29, 0.717) is 59.0 Å². The smallest absolute Gasteiger partial charge is 0.305 e. The molecule has 0 unspecified atom stereocenters. The molecule has 3 N–H and O–H groups in total. The molecule has 0 spiro atoms. The molecule has 0 rings (SSSR count). The second-order valence-electron chi connectivity index (χ2n) is 3.67. The van der Waals surface area contributed by atoms with E-state index in [-0.39, 0.29) is 19.2 Å². The van der Waals surface area contributed by atoms with Crippen molar-refractivity contribution in [3.63, 3.8) is 0 Å². The Balaban J connectivity index is 3.04. The molecule has 7 heteroatoms. The summed E-state index contributed by atoms with van der Waals surface area (Å²) in [7, 11) is 0. The summed E-state index contributed by atoms with van der Waals surface area (Å²) >= 11 is 0. The van der Waals surface area contributed by atoms with Gasteiger partial charge in [0, 0.05) is 6.42 Å². The third-order valence-corrected chi connectivity index (χ3v) is 2.06. The first kappa shape index (κ1) is 18.3. The van der Waals surface area contributed by atoms with E-state index < -0.39 is 0 Å². The number of carbonyl (C=O) groups excluding carboxylic acids is 1. The van der Waals surface area contributed by atoms with E-state index in [1.54, 1.807) is 0 Å². The number of ether oxygens (including phenoxy) is 4. The number of hydrogen-bond donors (Lipinski definition) is 2. The van der Waals surface area contributed by atoms with Gasteiger partial charge < -0.3 is 29.8 Å². The summed E-state index contributed by atoms with van der Waals surface area (Å²) in [4.78, 5) is 11.1. The zero-order valence-electron chi connectivity index (χ0n) is 11.3. The van der Waals surface area contributed by atoms with Crippen LogP contribution in [-0.4, -0.2) is 70.5 Å². The number of nitrogens with two attached hydrogens (primary N) is 1. The lowest BCUT2D eigenvalue weighted by Crippen LogP contribution is -2.14. The maximum absolute atomic E-state index is 11.1. The average molecular weight is 279 g/mol. The van der Waals surface area contributed by atoms with Crippen LogP contribution in [0.25, 0.3) is 0 Å². The first-order valence-corrected chi connectivity index (χ1v) is 6.51. The zero-order valence-corrected chi connectivity index (χ0v) is 11.3. The number of rotatable bonds is 14. The summed E-state index contributed by atoms with van der Waals surface area (Å²) in [5.41, 5.74) is 5.27. The van der Waals surface area contributed by atoms with E-state index in [1.165, 1.54) is 0 Å². The Morgan fingerprint density at radius 3 is 1.95 bits per heavy atom. The van der Waals surface area contributed by atoms with Crippen molar-refractivity contribution >= 4 is 5.97 Å². The predicted octanol–water partition coefficient (Wildman–Crippen LogP) is -0.689. The van der Waals surface area contributed by atoms with Crippen molar-refractivity contribution in [2.45, 2.75) is 12.8 Å². The van der Waals surface area contributed by atoms with E-state index in [1.807, 2.05) is 0 Å². The van der Waals surface area contributed by atoms with E-state index in [4.69, 9.17) is 29.8 Å². The third-order valence-electron chi connectivity index (χ3n) is 2.06. The molecular formula is C12H25NO6. The van der Waals surface area contributed by atoms with Crippen molar-refractivity contribution < 1.29 is 28.8 Å². The van der Waals surface area contributed by atoms with Crippen molar-refractivity contribution in [3.05, 3.63) is 0 Å². The standard InChI is InChI=1S/C12H25NO6/c13-3-1-2-12(15)19-11-10-18-9-8-17-7-6-16-5-4-14/h14H,1-11,13H2. The van der Waals surface area contributed by atoms with Crippen LogP contribution >= 0.6 is 0 Å². The lowest BCUT2D eigenvalue weighted by molar-refractivity contribution is -0.145. The third kappa shape index (κ3) is 15.2. The summed E-state index contributed by atoms with van der Waals surface area (Å²) in [6.45, 7) is 3.29. The molecule has 19 heavy (non-hydrogen) atoms. The average Bonchev–Trinajstić information content (AvgIpc) is 2.42. The Morgan fingerprint density at radius 1 is 0.895 bits per heavy atom. The van der Waals surface area contributed by atoms with Crippen molar-refractivity contribution in [3.8, 4) is 0 Å². The molecule has 0 radical (unpaired) electrons. The number of aliphatic hydroxyl groups excluding tert-OH is 1. The van der Waals surface area contributed by atoms with Gasteiger partial charge in [-0.1, -0.05) is 0 Å².